The van der Waals surface area contributed by atoms with Gasteiger partial charge in [-0.05, 0) is 62.1 Å². The molecule has 2 saturated carbocycles. The van der Waals surface area contributed by atoms with E-state index in [0.717, 1.165) is 57.3 Å². The molecule has 2 heterocycles. The van der Waals surface area contributed by atoms with Crippen molar-refractivity contribution in [2.45, 2.75) is 50.4 Å². The van der Waals surface area contributed by atoms with Crippen LogP contribution >= 0.6 is 0 Å². The minimum absolute atomic E-state index is 0.0443. The van der Waals surface area contributed by atoms with E-state index in [4.69, 9.17) is 0 Å². The van der Waals surface area contributed by atoms with Crippen LogP contribution in [0.3, 0.4) is 0 Å². The molecule has 2 bridgehead atoms. The van der Waals surface area contributed by atoms with E-state index in [2.05, 4.69) is 15.5 Å². The number of nitrogens with one attached hydrogen (secondary N) is 2. The van der Waals surface area contributed by atoms with Crippen LogP contribution < -0.4 is 10.6 Å². The third-order valence-electron chi connectivity index (χ3n) is 6.94. The second-order valence-corrected chi connectivity index (χ2v) is 9.04. The molecule has 3 N–H and O–H groups in total. The molecule has 6 nitrogen and oxygen atoms in total. The average molecular weight is 439 g/mol. The molecule has 4 fully saturated rings. The zero-order valence-electron chi connectivity index (χ0n) is 17.2. The molecule has 0 spiro atoms. The van der Waals surface area contributed by atoms with Gasteiger partial charge in [0.2, 0.25) is 11.8 Å². The Hall–Kier alpha value is -2.13. The number of nitrogens with zero attached hydrogens (tertiary/aromatic N) is 1. The fraction of sp³-hybridized carbons (Fsp3) is 0.636. The maximum absolute atomic E-state index is 12.8. The highest BCUT2D eigenvalue weighted by atomic mass is 19.4. The molecule has 31 heavy (non-hydrogen) atoms. The fourth-order valence-corrected chi connectivity index (χ4v) is 5.34. The lowest BCUT2D eigenvalue weighted by Crippen LogP contribution is -2.62. The van der Waals surface area contributed by atoms with Crippen molar-refractivity contribution in [1.29, 1.82) is 0 Å². The Labute approximate surface area is 179 Å². The highest BCUT2D eigenvalue weighted by Crippen LogP contribution is 2.47. The topological polar surface area (TPSA) is 81.7 Å². The number of hydrogen-bond donors (Lipinski definition) is 3. The lowest BCUT2D eigenvalue weighted by atomic mass is 9.60. The third-order valence-corrected chi connectivity index (χ3v) is 6.94. The first-order valence-electron chi connectivity index (χ1n) is 10.9. The zero-order chi connectivity index (χ0) is 22.2. The number of fused-ring (bicyclic) bond motifs is 2. The lowest BCUT2D eigenvalue weighted by Gasteiger charge is -2.55. The number of rotatable bonds is 5. The SMILES string of the molecule is O=C(CNC(=O)C1C2C[C@H]1CN(C1CCC(O)CC1)C2)Nc1cccc(C(F)(F)F)c1. The smallest absolute Gasteiger partial charge is 0.393 e. The molecule has 0 radical (unpaired) electrons. The summed E-state index contributed by atoms with van der Waals surface area (Å²) >= 11 is 0. The first-order chi connectivity index (χ1) is 14.7. The molecule has 2 saturated heterocycles. The van der Waals surface area contributed by atoms with Crippen LogP contribution in [-0.4, -0.2) is 53.6 Å². The van der Waals surface area contributed by atoms with Gasteiger partial charge in [0, 0.05) is 30.7 Å². The van der Waals surface area contributed by atoms with Gasteiger partial charge in [-0.2, -0.15) is 13.2 Å². The molecule has 2 aliphatic heterocycles. The van der Waals surface area contributed by atoms with Crippen molar-refractivity contribution in [3.05, 3.63) is 29.8 Å². The predicted octanol–water partition coefficient (Wildman–Crippen LogP) is 2.63. The van der Waals surface area contributed by atoms with Crippen LogP contribution in [-0.2, 0) is 15.8 Å². The van der Waals surface area contributed by atoms with Gasteiger partial charge >= 0.3 is 6.18 Å². The Kier molecular flexibility index (Phi) is 6.25. The Morgan fingerprint density at radius 3 is 2.42 bits per heavy atom. The fourth-order valence-electron chi connectivity index (χ4n) is 5.34. The summed E-state index contributed by atoms with van der Waals surface area (Å²) in [7, 11) is 0. The van der Waals surface area contributed by atoms with E-state index < -0.39 is 17.6 Å². The minimum atomic E-state index is -4.48. The summed E-state index contributed by atoms with van der Waals surface area (Å²) in [6, 6.07) is 4.89. The Bertz CT molecular complexity index is 812. The van der Waals surface area contributed by atoms with E-state index in [1.54, 1.807) is 0 Å². The van der Waals surface area contributed by atoms with Crippen LogP contribution in [0.1, 0.15) is 37.7 Å². The minimum Gasteiger partial charge on any atom is -0.393 e. The molecule has 2 amide bonds. The number of alkyl halides is 3. The van der Waals surface area contributed by atoms with Crippen molar-refractivity contribution < 1.29 is 27.9 Å². The van der Waals surface area contributed by atoms with Gasteiger partial charge in [0.05, 0.1) is 18.2 Å². The molecule has 1 aromatic rings. The summed E-state index contributed by atoms with van der Waals surface area (Å²) in [6.45, 7) is 1.47. The number of carbonyl (C=O) groups is 2. The van der Waals surface area contributed by atoms with E-state index in [0.29, 0.717) is 6.04 Å². The van der Waals surface area contributed by atoms with Crippen molar-refractivity contribution >= 4 is 17.5 Å². The summed E-state index contributed by atoms with van der Waals surface area (Å²) in [6.07, 6.45) is 0.00223. The van der Waals surface area contributed by atoms with Gasteiger partial charge < -0.3 is 15.7 Å². The van der Waals surface area contributed by atoms with Crippen molar-refractivity contribution in [3.63, 3.8) is 0 Å². The molecule has 5 rings (SSSR count). The summed E-state index contributed by atoms with van der Waals surface area (Å²) in [4.78, 5) is 27.2. The van der Waals surface area contributed by atoms with E-state index in [-0.39, 0.29) is 42.0 Å². The Morgan fingerprint density at radius 1 is 1.10 bits per heavy atom. The Morgan fingerprint density at radius 2 is 1.77 bits per heavy atom. The monoisotopic (exact) mass is 439 g/mol. The number of aliphatic hydroxyl groups is 1. The second-order valence-electron chi connectivity index (χ2n) is 9.04. The Balaban J connectivity index is 1.23. The van der Waals surface area contributed by atoms with Crippen LogP contribution in [0.2, 0.25) is 0 Å². The molecule has 170 valence electrons. The van der Waals surface area contributed by atoms with Crippen LogP contribution in [0.15, 0.2) is 24.3 Å². The van der Waals surface area contributed by atoms with Gasteiger partial charge in [-0.3, -0.25) is 14.5 Å². The number of carbonyl (C=O) groups excluding carboxylic acids is 2. The average Bonchev–Trinajstić information content (AvgIpc) is 2.72. The van der Waals surface area contributed by atoms with Crippen molar-refractivity contribution in [2.24, 2.45) is 17.8 Å². The van der Waals surface area contributed by atoms with E-state index in [1.165, 1.54) is 12.1 Å². The van der Waals surface area contributed by atoms with E-state index in [1.807, 2.05) is 0 Å². The van der Waals surface area contributed by atoms with E-state index in [9.17, 15) is 27.9 Å². The molecule has 9 heteroatoms. The third kappa shape index (κ3) is 5.03. The highest BCUT2D eigenvalue weighted by molar-refractivity contribution is 5.95. The number of amides is 2. The number of piperidine rings is 2. The van der Waals surface area contributed by atoms with Gasteiger partial charge in [0.25, 0.3) is 0 Å². The van der Waals surface area contributed by atoms with Crippen molar-refractivity contribution in [2.75, 3.05) is 25.0 Å². The van der Waals surface area contributed by atoms with Gasteiger partial charge in [0.15, 0.2) is 0 Å². The zero-order valence-corrected chi connectivity index (χ0v) is 17.2. The number of benzene rings is 1. The number of anilines is 1. The first-order valence-corrected chi connectivity index (χ1v) is 10.9. The quantitative estimate of drug-likeness (QED) is 0.659. The summed E-state index contributed by atoms with van der Waals surface area (Å²) in [5.41, 5.74) is -0.795. The largest absolute Gasteiger partial charge is 0.416 e. The second kappa shape index (κ2) is 8.78. The maximum atomic E-state index is 12.8. The summed E-state index contributed by atoms with van der Waals surface area (Å²) in [5.74, 6) is -0.264. The van der Waals surface area contributed by atoms with Crippen molar-refractivity contribution in [3.8, 4) is 0 Å². The van der Waals surface area contributed by atoms with Crippen LogP contribution in [0.25, 0.3) is 0 Å². The van der Waals surface area contributed by atoms with Crippen LogP contribution in [0.4, 0.5) is 18.9 Å². The van der Waals surface area contributed by atoms with Crippen LogP contribution in [0.5, 0.6) is 0 Å². The highest BCUT2D eigenvalue weighted by Gasteiger charge is 2.51. The number of aliphatic hydroxyl groups excluding tert-OH is 1. The summed E-state index contributed by atoms with van der Waals surface area (Å²) in [5, 5.41) is 14.8. The summed E-state index contributed by atoms with van der Waals surface area (Å²) < 4.78 is 38.4. The van der Waals surface area contributed by atoms with Gasteiger partial charge in [0.1, 0.15) is 0 Å². The standard InChI is InChI=1S/C22H28F3N3O3/c23-22(24,25)15-2-1-3-16(9-15)27-19(30)10-26-21(31)20-13-8-14(20)12-28(11-13)17-4-6-18(29)7-5-17/h1-3,9,13-14,17-18,20,29H,4-8,10-12H2,(H,26,31)(H,27,30)/t13-,14?,17?,18?,20?/m0/s1. The molecule has 1 aromatic carbocycles. The van der Waals surface area contributed by atoms with E-state index >= 15 is 0 Å². The maximum Gasteiger partial charge on any atom is 0.416 e. The number of hydrogen-bond acceptors (Lipinski definition) is 4. The first kappa shape index (κ1) is 22.1. The lowest BCUT2D eigenvalue weighted by molar-refractivity contribution is -0.145. The van der Waals surface area contributed by atoms with Crippen LogP contribution in [0, 0.1) is 17.8 Å². The van der Waals surface area contributed by atoms with Gasteiger partial charge in [-0.1, -0.05) is 6.07 Å². The normalized spacial score (nSPS) is 30.9. The molecule has 3 atom stereocenters. The molecular formula is C22H28F3N3O3. The van der Waals surface area contributed by atoms with Gasteiger partial charge in [-0.15, -0.1) is 0 Å². The molecular weight excluding hydrogens is 411 g/mol. The van der Waals surface area contributed by atoms with Crippen molar-refractivity contribution in [1.82, 2.24) is 10.2 Å². The predicted molar refractivity (Wildman–Crippen MR) is 108 cm³/mol. The van der Waals surface area contributed by atoms with Gasteiger partial charge in [-0.25, -0.2) is 0 Å². The molecule has 2 aliphatic carbocycles. The molecule has 0 aromatic heterocycles. The molecule has 2 unspecified atom stereocenters. The molecule has 4 aliphatic rings. The number of halogens is 3.